The fraction of sp³-hybridized carbons (Fsp3) is 0.118. The van der Waals surface area contributed by atoms with Crippen molar-refractivity contribution >= 4 is 84.7 Å². The predicted octanol–water partition coefficient (Wildman–Crippen LogP) is 5.68. The standard InChI is InChI=1S/C10H9BrClFN2O2.C7H4BrClFNO2/c1-15(2)4-14-9-5(10(16)17)3-6(12)7(11)8(9)13;8-4-3(9)1-2(7(12)13)6(11)5(4)10/h3-4H,1-2H3,(H,16,17);1H,11H2,(H,12,13)/b14-4+;. The number of aliphatic imine (C=N–C) groups is 1. The molecule has 0 radical (unpaired) electrons. The summed E-state index contributed by atoms with van der Waals surface area (Å²) in [6.07, 6.45) is 1.31. The summed E-state index contributed by atoms with van der Waals surface area (Å²) in [5.74, 6) is -4.26. The van der Waals surface area contributed by atoms with Crippen molar-refractivity contribution < 1.29 is 28.6 Å². The van der Waals surface area contributed by atoms with Crippen LogP contribution in [0.1, 0.15) is 20.7 Å². The lowest BCUT2D eigenvalue weighted by molar-refractivity contribution is 0.0686. The van der Waals surface area contributed by atoms with E-state index in [0.717, 1.165) is 12.1 Å². The summed E-state index contributed by atoms with van der Waals surface area (Å²) >= 11 is 17.0. The van der Waals surface area contributed by atoms with E-state index in [-0.39, 0.29) is 35.8 Å². The van der Waals surface area contributed by atoms with Crippen molar-refractivity contribution in [3.63, 3.8) is 0 Å². The number of hydrogen-bond donors (Lipinski definition) is 3. The van der Waals surface area contributed by atoms with Gasteiger partial charge in [0.25, 0.3) is 0 Å². The number of carboxylic acids is 2. The van der Waals surface area contributed by atoms with Crippen LogP contribution in [0.15, 0.2) is 26.1 Å². The normalized spacial score (nSPS) is 10.5. The van der Waals surface area contributed by atoms with Crippen LogP contribution in [0.3, 0.4) is 0 Å². The van der Waals surface area contributed by atoms with Gasteiger partial charge in [-0.05, 0) is 44.0 Å². The molecule has 4 N–H and O–H groups in total. The molecule has 0 aliphatic rings. The molecule has 0 saturated heterocycles. The molecular formula is C17H13Br2Cl2F2N3O4. The Morgan fingerprint density at radius 3 is 1.90 bits per heavy atom. The second-order valence-electron chi connectivity index (χ2n) is 5.65. The van der Waals surface area contributed by atoms with E-state index in [9.17, 15) is 18.4 Å². The van der Waals surface area contributed by atoms with E-state index in [1.807, 2.05) is 0 Å². The molecule has 0 fully saturated rings. The van der Waals surface area contributed by atoms with Crippen LogP contribution in [0, 0.1) is 11.6 Å². The van der Waals surface area contributed by atoms with Gasteiger partial charge >= 0.3 is 11.9 Å². The number of nitrogens with two attached hydrogens (primary N) is 1. The highest BCUT2D eigenvalue weighted by Gasteiger charge is 2.20. The Bertz CT molecular complexity index is 1040. The molecule has 13 heteroatoms. The lowest BCUT2D eigenvalue weighted by Crippen LogP contribution is -2.08. The smallest absolute Gasteiger partial charge is 0.338 e. The number of hydrogen-bond acceptors (Lipinski definition) is 4. The Kier molecular flexibility index (Phi) is 9.47. The largest absolute Gasteiger partial charge is 0.478 e. The van der Waals surface area contributed by atoms with Gasteiger partial charge in [0, 0.05) is 14.1 Å². The summed E-state index contributed by atoms with van der Waals surface area (Å²) in [4.78, 5) is 26.8. The van der Waals surface area contributed by atoms with Gasteiger partial charge in [-0.2, -0.15) is 0 Å². The molecular weight excluding hydrogens is 579 g/mol. The molecule has 30 heavy (non-hydrogen) atoms. The van der Waals surface area contributed by atoms with E-state index in [4.69, 9.17) is 39.1 Å². The zero-order chi connectivity index (χ0) is 23.3. The van der Waals surface area contributed by atoms with Gasteiger partial charge in [-0.15, -0.1) is 0 Å². The van der Waals surface area contributed by atoms with Crippen molar-refractivity contribution in [1.82, 2.24) is 4.90 Å². The maximum Gasteiger partial charge on any atom is 0.338 e. The molecule has 0 saturated carbocycles. The highest BCUT2D eigenvalue weighted by atomic mass is 79.9. The van der Waals surface area contributed by atoms with Gasteiger partial charge in [0.2, 0.25) is 0 Å². The SMILES string of the molecule is CN(C)/C=N/c1c(C(=O)O)cc(Cl)c(Br)c1F.Nc1c(C(=O)O)cc(Cl)c(Br)c1F. The van der Waals surface area contributed by atoms with Gasteiger partial charge in [-0.25, -0.2) is 23.4 Å². The Labute approximate surface area is 196 Å². The average Bonchev–Trinajstić information content (AvgIpc) is 2.66. The Morgan fingerprint density at radius 2 is 1.47 bits per heavy atom. The van der Waals surface area contributed by atoms with Crippen LogP contribution in [-0.4, -0.2) is 47.5 Å². The molecule has 0 atom stereocenters. The molecule has 2 rings (SSSR count). The van der Waals surface area contributed by atoms with Crippen molar-refractivity contribution in [2.75, 3.05) is 19.8 Å². The summed E-state index contributed by atoms with van der Waals surface area (Å²) in [5.41, 5.74) is 3.89. The molecule has 0 aliphatic carbocycles. The van der Waals surface area contributed by atoms with Crippen LogP contribution in [0.4, 0.5) is 20.2 Å². The highest BCUT2D eigenvalue weighted by molar-refractivity contribution is 9.10. The van der Waals surface area contributed by atoms with Gasteiger partial charge < -0.3 is 20.8 Å². The first-order chi connectivity index (χ1) is 13.8. The number of carbonyl (C=O) groups is 2. The zero-order valence-corrected chi connectivity index (χ0v) is 19.9. The summed E-state index contributed by atoms with van der Waals surface area (Å²) in [6, 6.07) is 2.24. The van der Waals surface area contributed by atoms with E-state index in [1.54, 1.807) is 19.0 Å². The molecule has 0 unspecified atom stereocenters. The third-order valence-electron chi connectivity index (χ3n) is 3.22. The fourth-order valence-corrected chi connectivity index (χ4v) is 2.85. The summed E-state index contributed by atoms with van der Waals surface area (Å²) in [6.45, 7) is 0. The molecule has 2 aromatic carbocycles. The van der Waals surface area contributed by atoms with Crippen molar-refractivity contribution in [2.45, 2.75) is 0 Å². The van der Waals surface area contributed by atoms with Gasteiger partial charge in [0.05, 0.1) is 42.1 Å². The number of anilines is 1. The third kappa shape index (κ3) is 6.27. The second-order valence-corrected chi connectivity index (χ2v) is 8.05. The minimum Gasteiger partial charge on any atom is -0.478 e. The molecule has 0 heterocycles. The van der Waals surface area contributed by atoms with E-state index >= 15 is 0 Å². The molecule has 7 nitrogen and oxygen atoms in total. The van der Waals surface area contributed by atoms with Gasteiger partial charge in [-0.3, -0.25) is 0 Å². The minimum absolute atomic E-state index is 0.00456. The highest BCUT2D eigenvalue weighted by Crippen LogP contribution is 2.35. The van der Waals surface area contributed by atoms with E-state index in [1.165, 1.54) is 6.34 Å². The first-order valence-corrected chi connectivity index (χ1v) is 9.91. The first-order valence-electron chi connectivity index (χ1n) is 7.57. The Balaban J connectivity index is 0.000000311. The van der Waals surface area contributed by atoms with Gasteiger partial charge in [-0.1, -0.05) is 23.2 Å². The Morgan fingerprint density at radius 1 is 1.03 bits per heavy atom. The van der Waals surface area contributed by atoms with Crippen LogP contribution in [0.25, 0.3) is 0 Å². The zero-order valence-electron chi connectivity index (χ0n) is 15.2. The van der Waals surface area contributed by atoms with Crippen molar-refractivity contribution in [3.8, 4) is 0 Å². The number of halogens is 6. The van der Waals surface area contributed by atoms with E-state index < -0.39 is 29.3 Å². The minimum atomic E-state index is -1.31. The third-order valence-corrected chi connectivity index (χ3v) is 5.82. The monoisotopic (exact) mass is 589 g/mol. The molecule has 0 spiro atoms. The topological polar surface area (TPSA) is 116 Å². The predicted molar refractivity (Wildman–Crippen MR) is 118 cm³/mol. The van der Waals surface area contributed by atoms with E-state index in [0.29, 0.717) is 0 Å². The number of carboxylic acid groups (broad SMARTS) is 2. The Hall–Kier alpha value is -1.95. The quantitative estimate of drug-likeness (QED) is 0.182. The molecule has 0 aliphatic heterocycles. The molecule has 162 valence electrons. The van der Waals surface area contributed by atoms with Crippen LogP contribution in [-0.2, 0) is 0 Å². The molecule has 0 bridgehead atoms. The summed E-state index contributed by atoms with van der Waals surface area (Å²) in [7, 11) is 3.37. The summed E-state index contributed by atoms with van der Waals surface area (Å²) < 4.78 is 26.9. The lowest BCUT2D eigenvalue weighted by Gasteiger charge is -2.08. The van der Waals surface area contributed by atoms with Gasteiger partial charge in [0.15, 0.2) is 11.6 Å². The number of benzene rings is 2. The van der Waals surface area contributed by atoms with Crippen LogP contribution < -0.4 is 5.73 Å². The van der Waals surface area contributed by atoms with Crippen molar-refractivity contribution in [3.05, 3.63) is 53.9 Å². The average molecular weight is 592 g/mol. The van der Waals surface area contributed by atoms with Crippen molar-refractivity contribution in [2.24, 2.45) is 4.99 Å². The first kappa shape index (κ1) is 26.1. The number of rotatable bonds is 4. The van der Waals surface area contributed by atoms with Gasteiger partial charge in [0.1, 0.15) is 5.69 Å². The number of nitrogens with zero attached hydrogens (tertiary/aromatic N) is 2. The van der Waals surface area contributed by atoms with Crippen molar-refractivity contribution in [1.29, 1.82) is 0 Å². The number of aromatic carboxylic acids is 2. The summed E-state index contributed by atoms with van der Waals surface area (Å²) in [5, 5.41) is 17.5. The number of nitrogen functional groups attached to an aromatic ring is 1. The van der Waals surface area contributed by atoms with E-state index in [2.05, 4.69) is 36.9 Å². The molecule has 0 amide bonds. The molecule has 0 aromatic heterocycles. The van der Waals surface area contributed by atoms with Crippen LogP contribution in [0.5, 0.6) is 0 Å². The fourth-order valence-electron chi connectivity index (χ4n) is 1.83. The lowest BCUT2D eigenvalue weighted by atomic mass is 10.2. The van der Waals surface area contributed by atoms with Crippen LogP contribution >= 0.6 is 55.1 Å². The maximum atomic E-state index is 13.8. The second kappa shape index (κ2) is 10.9. The molecule has 2 aromatic rings. The maximum absolute atomic E-state index is 13.8. The van der Waals surface area contributed by atoms with Crippen LogP contribution in [0.2, 0.25) is 10.0 Å².